The molecule has 0 fully saturated rings. The number of aromatic nitrogens is 1. The average Bonchev–Trinajstić information content (AvgIpc) is 2.74. The highest BCUT2D eigenvalue weighted by molar-refractivity contribution is 5.88. The Balaban J connectivity index is 2.32. The van der Waals surface area contributed by atoms with E-state index < -0.39 is 5.97 Å². The Labute approximate surface area is 165 Å². The van der Waals surface area contributed by atoms with Crippen molar-refractivity contribution in [3.05, 3.63) is 58.8 Å². The first-order valence-electron chi connectivity index (χ1n) is 9.46. The summed E-state index contributed by atoms with van der Waals surface area (Å²) < 4.78 is 16.4. The van der Waals surface area contributed by atoms with Crippen LogP contribution in [0, 0.1) is 0 Å². The Kier molecular flexibility index (Phi) is 8.62. The molecule has 6 heteroatoms. The van der Waals surface area contributed by atoms with E-state index in [2.05, 4.69) is 4.98 Å². The molecule has 28 heavy (non-hydrogen) atoms. The van der Waals surface area contributed by atoms with E-state index >= 15 is 0 Å². The van der Waals surface area contributed by atoms with Gasteiger partial charge < -0.3 is 19.0 Å². The number of benzene rings is 1. The van der Waals surface area contributed by atoms with Gasteiger partial charge in [0, 0.05) is 11.5 Å². The van der Waals surface area contributed by atoms with Crippen molar-refractivity contribution in [3.63, 3.8) is 0 Å². The molecule has 0 saturated carbocycles. The summed E-state index contributed by atoms with van der Waals surface area (Å²) in [6.07, 6.45) is 2.18. The molecule has 1 atom stereocenters. The van der Waals surface area contributed by atoms with Crippen LogP contribution in [0.5, 0.6) is 5.88 Å². The minimum Gasteiger partial charge on any atom is -0.481 e. The molecule has 0 N–H and O–H groups in total. The Morgan fingerprint density at radius 1 is 1.18 bits per heavy atom. The summed E-state index contributed by atoms with van der Waals surface area (Å²) in [4.78, 5) is 28.2. The zero-order valence-electron chi connectivity index (χ0n) is 16.6. The first-order valence-corrected chi connectivity index (χ1v) is 9.46. The summed E-state index contributed by atoms with van der Waals surface area (Å²) in [5.74, 6) is -0.641. The fourth-order valence-corrected chi connectivity index (χ4v) is 2.82. The maximum atomic E-state index is 12.3. The van der Waals surface area contributed by atoms with Crippen LogP contribution in [0.3, 0.4) is 0 Å². The van der Waals surface area contributed by atoms with Crippen molar-refractivity contribution in [1.29, 1.82) is 0 Å². The van der Waals surface area contributed by atoms with Crippen molar-refractivity contribution in [2.45, 2.75) is 45.8 Å². The Morgan fingerprint density at radius 2 is 1.93 bits per heavy atom. The van der Waals surface area contributed by atoms with Gasteiger partial charge in [0.05, 0.1) is 26.9 Å². The van der Waals surface area contributed by atoms with Gasteiger partial charge in [-0.2, -0.15) is 0 Å². The van der Waals surface area contributed by atoms with E-state index in [4.69, 9.17) is 14.2 Å². The fraction of sp³-hybridized carbons (Fsp3) is 0.409. The Bertz CT molecular complexity index is 776. The third-order valence-electron chi connectivity index (χ3n) is 4.32. The molecule has 1 unspecified atom stereocenters. The van der Waals surface area contributed by atoms with E-state index in [9.17, 15) is 9.59 Å². The highest BCUT2D eigenvalue weighted by Gasteiger charge is 2.22. The number of methoxy groups -OCH3 is 1. The molecule has 2 aromatic rings. The number of hydrogen-bond donors (Lipinski definition) is 0. The lowest BCUT2D eigenvalue weighted by atomic mass is 9.93. The fourth-order valence-electron chi connectivity index (χ4n) is 2.82. The molecule has 150 valence electrons. The van der Waals surface area contributed by atoms with E-state index in [-0.39, 0.29) is 24.1 Å². The van der Waals surface area contributed by atoms with Crippen LogP contribution >= 0.6 is 0 Å². The van der Waals surface area contributed by atoms with E-state index in [0.717, 1.165) is 11.8 Å². The Hall–Kier alpha value is -2.73. The third kappa shape index (κ3) is 5.63. The second kappa shape index (κ2) is 11.2. The molecule has 0 bridgehead atoms. The van der Waals surface area contributed by atoms with Gasteiger partial charge in [-0.05, 0) is 30.0 Å². The van der Waals surface area contributed by atoms with Crippen LogP contribution < -0.4 is 4.74 Å². The van der Waals surface area contributed by atoms with Crippen LogP contribution in [0.4, 0.5) is 0 Å². The number of ether oxygens (including phenoxy) is 3. The van der Waals surface area contributed by atoms with Gasteiger partial charge >= 0.3 is 5.97 Å². The monoisotopic (exact) mass is 385 g/mol. The molecule has 0 aliphatic carbocycles. The normalized spacial score (nSPS) is 11.7. The number of carbonyl (C=O) groups excluding carboxylic acids is 2. The lowest BCUT2D eigenvalue weighted by Gasteiger charge is -2.18. The van der Waals surface area contributed by atoms with Gasteiger partial charge in [0.2, 0.25) is 5.88 Å². The second-order valence-corrected chi connectivity index (χ2v) is 6.35. The van der Waals surface area contributed by atoms with Crippen LogP contribution in [-0.2, 0) is 27.5 Å². The first-order chi connectivity index (χ1) is 13.6. The third-order valence-corrected chi connectivity index (χ3v) is 4.32. The summed E-state index contributed by atoms with van der Waals surface area (Å²) >= 11 is 0. The van der Waals surface area contributed by atoms with Crippen LogP contribution in [0.15, 0.2) is 36.4 Å². The molecule has 0 amide bonds. The van der Waals surface area contributed by atoms with Crippen LogP contribution in [0.1, 0.15) is 59.8 Å². The SMILES string of the molecule is CCCOC(=O)c1cc(C(C=O)CC)c(COCc2ccccc2)c(OC)n1. The summed E-state index contributed by atoms with van der Waals surface area (Å²) in [5, 5.41) is 0. The van der Waals surface area contributed by atoms with Gasteiger partial charge in [0.15, 0.2) is 5.69 Å². The van der Waals surface area contributed by atoms with E-state index in [0.29, 0.717) is 37.2 Å². The molecule has 0 saturated heterocycles. The molecule has 1 aromatic carbocycles. The maximum Gasteiger partial charge on any atom is 0.357 e. The van der Waals surface area contributed by atoms with Crippen LogP contribution in [0.2, 0.25) is 0 Å². The number of esters is 1. The summed E-state index contributed by atoms with van der Waals surface area (Å²) in [6.45, 7) is 4.77. The highest BCUT2D eigenvalue weighted by atomic mass is 16.5. The van der Waals surface area contributed by atoms with Gasteiger partial charge in [-0.25, -0.2) is 9.78 Å². The van der Waals surface area contributed by atoms with Crippen molar-refractivity contribution in [3.8, 4) is 5.88 Å². The molecule has 1 aromatic heterocycles. The van der Waals surface area contributed by atoms with Gasteiger partial charge in [0.1, 0.15) is 6.29 Å². The average molecular weight is 385 g/mol. The minimum atomic E-state index is -0.529. The topological polar surface area (TPSA) is 74.7 Å². The van der Waals surface area contributed by atoms with Gasteiger partial charge in [-0.15, -0.1) is 0 Å². The van der Waals surface area contributed by atoms with Gasteiger partial charge in [0.25, 0.3) is 0 Å². The largest absolute Gasteiger partial charge is 0.481 e. The standard InChI is InChI=1S/C22H27NO5/c1-4-11-28-22(25)20-12-18(17(5-2)13-24)19(21(23-20)26-3)15-27-14-16-9-7-6-8-10-16/h6-10,12-13,17H,4-5,11,14-15H2,1-3H3. The smallest absolute Gasteiger partial charge is 0.357 e. The number of carbonyl (C=O) groups is 2. The lowest BCUT2D eigenvalue weighted by Crippen LogP contribution is -2.14. The van der Waals surface area contributed by atoms with Crippen molar-refractivity contribution < 1.29 is 23.8 Å². The number of pyridine rings is 1. The molecule has 0 spiro atoms. The zero-order chi connectivity index (χ0) is 20.4. The lowest BCUT2D eigenvalue weighted by molar-refractivity contribution is -0.109. The van der Waals surface area contributed by atoms with Crippen molar-refractivity contribution in [2.75, 3.05) is 13.7 Å². The predicted molar refractivity (Wildman–Crippen MR) is 105 cm³/mol. The van der Waals surface area contributed by atoms with Crippen molar-refractivity contribution in [2.24, 2.45) is 0 Å². The molecule has 0 aliphatic heterocycles. The van der Waals surface area contributed by atoms with Crippen molar-refractivity contribution >= 4 is 12.3 Å². The molecular formula is C22H27NO5. The summed E-state index contributed by atoms with van der Waals surface area (Å²) in [5.41, 5.74) is 2.52. The number of hydrogen-bond acceptors (Lipinski definition) is 6. The maximum absolute atomic E-state index is 12.3. The predicted octanol–water partition coefficient (Wildman–Crippen LogP) is 4.07. The van der Waals surface area contributed by atoms with E-state index in [1.165, 1.54) is 7.11 Å². The Morgan fingerprint density at radius 3 is 2.54 bits per heavy atom. The number of aldehydes is 1. The molecule has 2 rings (SSSR count). The zero-order valence-corrected chi connectivity index (χ0v) is 16.6. The van der Waals surface area contributed by atoms with Gasteiger partial charge in [-0.3, -0.25) is 0 Å². The minimum absolute atomic E-state index is 0.132. The highest BCUT2D eigenvalue weighted by Crippen LogP contribution is 2.30. The van der Waals surface area contributed by atoms with E-state index in [1.54, 1.807) is 6.07 Å². The number of nitrogens with zero attached hydrogens (tertiary/aromatic N) is 1. The first kappa shape index (κ1) is 21.6. The quantitative estimate of drug-likeness (QED) is 0.429. The summed E-state index contributed by atoms with van der Waals surface area (Å²) in [6, 6.07) is 11.4. The van der Waals surface area contributed by atoms with Crippen molar-refractivity contribution in [1.82, 2.24) is 4.98 Å². The second-order valence-electron chi connectivity index (χ2n) is 6.35. The van der Waals surface area contributed by atoms with Gasteiger partial charge in [-0.1, -0.05) is 44.2 Å². The molecule has 6 nitrogen and oxygen atoms in total. The molecule has 0 aliphatic rings. The molecular weight excluding hydrogens is 358 g/mol. The number of rotatable bonds is 11. The molecule has 0 radical (unpaired) electrons. The molecule has 1 heterocycles. The van der Waals surface area contributed by atoms with Crippen LogP contribution in [0.25, 0.3) is 0 Å². The summed E-state index contributed by atoms with van der Waals surface area (Å²) in [7, 11) is 1.48. The van der Waals surface area contributed by atoms with E-state index in [1.807, 2.05) is 44.2 Å². The van der Waals surface area contributed by atoms with Crippen LogP contribution in [-0.4, -0.2) is 31.0 Å².